The summed E-state index contributed by atoms with van der Waals surface area (Å²) in [6.07, 6.45) is 1.81. The molecule has 0 aliphatic rings. The number of aliphatic carboxylic acids is 1. The molecule has 0 radical (unpaired) electrons. The normalized spacial score (nSPS) is 10.8. The predicted molar refractivity (Wildman–Crippen MR) is 59.3 cm³/mol. The highest BCUT2D eigenvalue weighted by molar-refractivity contribution is 6.35. The number of fused-ring (bicyclic) bond motifs is 1. The van der Waals surface area contributed by atoms with E-state index >= 15 is 0 Å². The minimum absolute atomic E-state index is 0.0194. The van der Waals surface area contributed by atoms with Crippen LogP contribution in [0, 0.1) is 0 Å². The van der Waals surface area contributed by atoms with Gasteiger partial charge in [0.05, 0.1) is 17.0 Å². The molecule has 0 atom stereocenters. The van der Waals surface area contributed by atoms with Crippen LogP contribution in [-0.4, -0.2) is 15.6 Å². The molecule has 15 heavy (non-hydrogen) atoms. The smallest absolute Gasteiger partial charge is 0.307 e. The molecule has 3 nitrogen and oxygen atoms in total. The van der Waals surface area contributed by atoms with Gasteiger partial charge >= 0.3 is 5.97 Å². The van der Waals surface area contributed by atoms with Crippen molar-refractivity contribution in [2.75, 3.05) is 0 Å². The van der Waals surface area contributed by atoms with E-state index in [9.17, 15) is 4.79 Å². The van der Waals surface area contributed by atoms with Gasteiger partial charge in [-0.25, -0.2) is 0 Å². The van der Waals surface area contributed by atoms with Crippen molar-refractivity contribution in [3.05, 3.63) is 35.0 Å². The van der Waals surface area contributed by atoms with Crippen LogP contribution < -0.4 is 0 Å². The fourth-order valence-electron chi connectivity index (χ4n) is 1.81. The van der Waals surface area contributed by atoms with Crippen molar-refractivity contribution in [1.29, 1.82) is 0 Å². The lowest BCUT2D eigenvalue weighted by molar-refractivity contribution is -0.136. The fraction of sp³-hybridized carbons (Fsp3) is 0.182. The number of para-hydroxylation sites is 1. The summed E-state index contributed by atoms with van der Waals surface area (Å²) in [6.45, 7) is 0. The minimum atomic E-state index is -0.833. The van der Waals surface area contributed by atoms with Crippen LogP contribution in [0.4, 0.5) is 0 Å². The molecular formula is C11H10ClNO2. The Morgan fingerprint density at radius 3 is 2.93 bits per heavy atom. The third-order valence-electron chi connectivity index (χ3n) is 2.38. The first kappa shape index (κ1) is 10.1. The molecule has 2 rings (SSSR count). The summed E-state index contributed by atoms with van der Waals surface area (Å²) in [7, 11) is 1.86. The Hall–Kier alpha value is -1.48. The molecule has 1 aromatic heterocycles. The third-order valence-corrected chi connectivity index (χ3v) is 2.68. The van der Waals surface area contributed by atoms with E-state index in [4.69, 9.17) is 16.7 Å². The van der Waals surface area contributed by atoms with Crippen LogP contribution in [0.25, 0.3) is 10.9 Å². The Bertz CT molecular complexity index is 531. The molecule has 0 fully saturated rings. The number of aryl methyl sites for hydroxylation is 1. The van der Waals surface area contributed by atoms with Gasteiger partial charge in [0.2, 0.25) is 0 Å². The molecule has 0 aliphatic carbocycles. The average molecular weight is 224 g/mol. The van der Waals surface area contributed by atoms with Crippen LogP contribution in [-0.2, 0) is 18.3 Å². The maximum Gasteiger partial charge on any atom is 0.307 e. The van der Waals surface area contributed by atoms with Gasteiger partial charge in [0.15, 0.2) is 0 Å². The topological polar surface area (TPSA) is 42.2 Å². The van der Waals surface area contributed by atoms with Gasteiger partial charge in [-0.3, -0.25) is 4.79 Å². The Kier molecular flexibility index (Phi) is 2.40. The Morgan fingerprint density at radius 2 is 2.27 bits per heavy atom. The molecule has 1 heterocycles. The fourth-order valence-corrected chi connectivity index (χ4v) is 2.11. The highest BCUT2D eigenvalue weighted by Gasteiger charge is 2.10. The summed E-state index contributed by atoms with van der Waals surface area (Å²) in [5, 5.41) is 10.3. The van der Waals surface area contributed by atoms with E-state index in [1.807, 2.05) is 29.8 Å². The molecule has 78 valence electrons. The summed E-state index contributed by atoms with van der Waals surface area (Å²) in [5.41, 5.74) is 1.68. The molecule has 0 bridgehead atoms. The molecule has 0 saturated heterocycles. The maximum absolute atomic E-state index is 10.7. The monoisotopic (exact) mass is 223 g/mol. The van der Waals surface area contributed by atoms with Crippen molar-refractivity contribution in [1.82, 2.24) is 4.57 Å². The van der Waals surface area contributed by atoms with Crippen LogP contribution in [0.15, 0.2) is 24.4 Å². The van der Waals surface area contributed by atoms with E-state index in [0.29, 0.717) is 5.02 Å². The van der Waals surface area contributed by atoms with Crippen LogP contribution in [0.5, 0.6) is 0 Å². The van der Waals surface area contributed by atoms with E-state index in [1.54, 1.807) is 6.20 Å². The number of carboxylic acid groups (broad SMARTS) is 1. The molecule has 1 N–H and O–H groups in total. The first-order chi connectivity index (χ1) is 7.09. The van der Waals surface area contributed by atoms with Gasteiger partial charge < -0.3 is 9.67 Å². The van der Waals surface area contributed by atoms with Crippen molar-refractivity contribution in [2.24, 2.45) is 7.05 Å². The number of carbonyl (C=O) groups is 1. The number of carboxylic acids is 1. The van der Waals surface area contributed by atoms with Gasteiger partial charge in [-0.15, -0.1) is 0 Å². The molecule has 2 aromatic rings. The number of nitrogens with zero attached hydrogens (tertiary/aromatic N) is 1. The van der Waals surface area contributed by atoms with Crippen molar-refractivity contribution in [2.45, 2.75) is 6.42 Å². The van der Waals surface area contributed by atoms with Crippen molar-refractivity contribution < 1.29 is 9.90 Å². The first-order valence-corrected chi connectivity index (χ1v) is 4.91. The Morgan fingerprint density at radius 1 is 1.53 bits per heavy atom. The van der Waals surface area contributed by atoms with Gasteiger partial charge in [0.1, 0.15) is 0 Å². The maximum atomic E-state index is 10.7. The van der Waals surface area contributed by atoms with Gasteiger partial charge in [0, 0.05) is 18.6 Å². The van der Waals surface area contributed by atoms with Crippen molar-refractivity contribution >= 4 is 28.5 Å². The molecular weight excluding hydrogens is 214 g/mol. The summed E-state index contributed by atoms with van der Waals surface area (Å²) in [5.74, 6) is -0.833. The molecule has 0 saturated carbocycles. The van der Waals surface area contributed by atoms with E-state index < -0.39 is 5.97 Å². The van der Waals surface area contributed by atoms with Crippen LogP contribution in [0.3, 0.4) is 0 Å². The van der Waals surface area contributed by atoms with Crippen LogP contribution in [0.2, 0.25) is 5.02 Å². The zero-order valence-electron chi connectivity index (χ0n) is 8.20. The largest absolute Gasteiger partial charge is 0.481 e. The number of aromatic nitrogens is 1. The molecule has 0 amide bonds. The lowest BCUT2D eigenvalue weighted by Crippen LogP contribution is -2.02. The number of hydrogen-bond acceptors (Lipinski definition) is 1. The number of benzene rings is 1. The Labute approximate surface area is 91.9 Å². The van der Waals surface area contributed by atoms with E-state index in [2.05, 4.69) is 0 Å². The minimum Gasteiger partial charge on any atom is -0.481 e. The number of rotatable bonds is 2. The number of halogens is 1. The SMILES string of the molecule is Cn1cc(Cl)c2cccc(CC(=O)O)c21. The second-order valence-corrected chi connectivity index (χ2v) is 3.88. The standard InChI is InChI=1S/C11H10ClNO2/c1-13-6-9(12)8-4-2-3-7(11(8)13)5-10(14)15/h2-4,6H,5H2,1H3,(H,14,15). The van der Waals surface area contributed by atoms with Crippen LogP contribution >= 0.6 is 11.6 Å². The van der Waals surface area contributed by atoms with Gasteiger partial charge in [-0.2, -0.15) is 0 Å². The molecule has 0 spiro atoms. The summed E-state index contributed by atoms with van der Waals surface area (Å²) >= 11 is 6.02. The average Bonchev–Trinajstić information content (AvgIpc) is 2.43. The second kappa shape index (κ2) is 3.59. The predicted octanol–water partition coefficient (Wildman–Crippen LogP) is 2.46. The molecule has 1 aromatic carbocycles. The lowest BCUT2D eigenvalue weighted by atomic mass is 10.1. The third kappa shape index (κ3) is 1.70. The summed E-state index contributed by atoms with van der Waals surface area (Å²) in [4.78, 5) is 10.7. The van der Waals surface area contributed by atoms with Crippen LogP contribution in [0.1, 0.15) is 5.56 Å². The summed E-state index contributed by atoms with van der Waals surface area (Å²) in [6, 6.07) is 5.53. The highest BCUT2D eigenvalue weighted by Crippen LogP contribution is 2.27. The second-order valence-electron chi connectivity index (χ2n) is 3.47. The van der Waals surface area contributed by atoms with Crippen molar-refractivity contribution in [3.63, 3.8) is 0 Å². The van der Waals surface area contributed by atoms with E-state index in [0.717, 1.165) is 16.5 Å². The first-order valence-electron chi connectivity index (χ1n) is 4.54. The molecule has 4 heteroatoms. The zero-order valence-corrected chi connectivity index (χ0v) is 8.95. The zero-order chi connectivity index (χ0) is 11.0. The number of hydrogen-bond donors (Lipinski definition) is 1. The van der Waals surface area contributed by atoms with E-state index in [1.165, 1.54) is 0 Å². The molecule has 0 unspecified atom stereocenters. The molecule has 0 aliphatic heterocycles. The van der Waals surface area contributed by atoms with Crippen molar-refractivity contribution in [3.8, 4) is 0 Å². The Balaban J connectivity index is 2.69. The lowest BCUT2D eigenvalue weighted by Gasteiger charge is -2.02. The van der Waals surface area contributed by atoms with Gasteiger partial charge in [-0.05, 0) is 5.56 Å². The summed E-state index contributed by atoms with van der Waals surface area (Å²) < 4.78 is 1.86. The van der Waals surface area contributed by atoms with Gasteiger partial charge in [-0.1, -0.05) is 29.8 Å². The quantitative estimate of drug-likeness (QED) is 0.850. The van der Waals surface area contributed by atoms with E-state index in [-0.39, 0.29) is 6.42 Å². The van der Waals surface area contributed by atoms with Gasteiger partial charge in [0.25, 0.3) is 0 Å². The highest BCUT2D eigenvalue weighted by atomic mass is 35.5.